The Kier molecular flexibility index (Phi) is 12.0. The number of primary amides is 1. The molecule has 1 aromatic rings. The van der Waals surface area contributed by atoms with E-state index in [9.17, 15) is 29.1 Å². The lowest BCUT2D eigenvalue weighted by molar-refractivity contribution is -0.145. The third-order valence-electron chi connectivity index (χ3n) is 4.67. The van der Waals surface area contributed by atoms with E-state index in [0.29, 0.717) is 17.9 Å². The number of aliphatic carboxylic acids is 1. The van der Waals surface area contributed by atoms with E-state index in [-0.39, 0.29) is 6.42 Å². The first-order valence-corrected chi connectivity index (χ1v) is 11.7. The second-order valence-corrected chi connectivity index (χ2v) is 8.51. The zero-order chi connectivity index (χ0) is 25.8. The summed E-state index contributed by atoms with van der Waals surface area (Å²) in [5.74, 6) is -4.33. The molecule has 0 aliphatic rings. The van der Waals surface area contributed by atoms with Crippen molar-refractivity contribution in [2.24, 2.45) is 11.5 Å². The van der Waals surface area contributed by atoms with Crippen LogP contribution in [0.1, 0.15) is 25.5 Å². The predicted molar refractivity (Wildman–Crippen MR) is 122 cm³/mol. The topological polar surface area (TPSA) is 243 Å². The number of hydrogen-bond donors (Lipinski definition) is 8. The van der Waals surface area contributed by atoms with Gasteiger partial charge in [-0.2, -0.15) is 11.8 Å². The number of nitrogens with one attached hydrogen (secondary N) is 4. The Labute approximate surface area is 200 Å². The lowest BCUT2D eigenvalue weighted by Crippen LogP contribution is -2.59. The van der Waals surface area contributed by atoms with Gasteiger partial charge in [-0.1, -0.05) is 0 Å². The highest BCUT2D eigenvalue weighted by molar-refractivity contribution is 7.98. The summed E-state index contributed by atoms with van der Waals surface area (Å²) in [4.78, 5) is 67.4. The number of hydrogen-bond acceptors (Lipinski definition) is 9. The highest BCUT2D eigenvalue weighted by atomic mass is 32.2. The van der Waals surface area contributed by atoms with Crippen LogP contribution < -0.4 is 27.4 Å². The summed E-state index contributed by atoms with van der Waals surface area (Å²) in [6.07, 6.45) is 2.89. The van der Waals surface area contributed by atoms with Crippen LogP contribution in [0, 0.1) is 0 Å². The fourth-order valence-corrected chi connectivity index (χ4v) is 3.30. The largest absolute Gasteiger partial charge is 0.480 e. The van der Waals surface area contributed by atoms with Gasteiger partial charge in [0, 0.05) is 18.3 Å². The van der Waals surface area contributed by atoms with Gasteiger partial charge in [-0.05, 0) is 25.4 Å². The SMILES string of the molecule is CSCCC(N)C(=O)NC(Cc1cnc[nH]1)C(=O)NC(CC(N)=O)C(=O)NC(C(=O)O)C(C)O. The van der Waals surface area contributed by atoms with Crippen molar-refractivity contribution in [1.82, 2.24) is 25.9 Å². The molecule has 5 unspecified atom stereocenters. The second-order valence-electron chi connectivity index (χ2n) is 7.53. The molecule has 1 heterocycles. The normalized spacial score (nSPS) is 15.3. The molecule has 5 atom stereocenters. The summed E-state index contributed by atoms with van der Waals surface area (Å²) < 4.78 is 0. The van der Waals surface area contributed by atoms with Gasteiger partial charge in [-0.25, -0.2) is 9.78 Å². The van der Waals surface area contributed by atoms with Gasteiger partial charge in [0.05, 0.1) is 24.9 Å². The minimum Gasteiger partial charge on any atom is -0.480 e. The maximum atomic E-state index is 13.0. The van der Waals surface area contributed by atoms with E-state index in [1.54, 1.807) is 0 Å². The van der Waals surface area contributed by atoms with E-state index >= 15 is 0 Å². The first-order valence-electron chi connectivity index (χ1n) is 10.3. The molecule has 0 aliphatic heterocycles. The molecule has 4 amide bonds. The molecule has 0 saturated carbocycles. The van der Waals surface area contributed by atoms with Crippen molar-refractivity contribution in [3.63, 3.8) is 0 Å². The second kappa shape index (κ2) is 14.2. The molecule has 190 valence electrons. The minimum absolute atomic E-state index is 0.0385. The quantitative estimate of drug-likeness (QED) is 0.120. The molecule has 34 heavy (non-hydrogen) atoms. The number of nitrogens with zero attached hydrogens (tertiary/aromatic N) is 1. The first-order chi connectivity index (χ1) is 16.0. The van der Waals surface area contributed by atoms with Gasteiger partial charge in [0.2, 0.25) is 23.6 Å². The zero-order valence-electron chi connectivity index (χ0n) is 18.8. The molecule has 10 N–H and O–H groups in total. The number of carbonyl (C=O) groups is 5. The van der Waals surface area contributed by atoms with Crippen LogP contribution in [0.2, 0.25) is 0 Å². The van der Waals surface area contributed by atoms with Crippen molar-refractivity contribution < 1.29 is 34.2 Å². The number of rotatable bonds is 15. The fourth-order valence-electron chi connectivity index (χ4n) is 2.81. The van der Waals surface area contributed by atoms with E-state index in [0.717, 1.165) is 6.92 Å². The molecule has 1 rings (SSSR count). The van der Waals surface area contributed by atoms with Crippen LogP contribution in [-0.4, -0.2) is 92.1 Å². The Bertz CT molecular complexity index is 850. The van der Waals surface area contributed by atoms with Gasteiger partial charge in [0.15, 0.2) is 6.04 Å². The van der Waals surface area contributed by atoms with Crippen molar-refractivity contribution >= 4 is 41.4 Å². The highest BCUT2D eigenvalue weighted by Gasteiger charge is 2.32. The molecule has 14 nitrogen and oxygen atoms in total. The average molecular weight is 502 g/mol. The van der Waals surface area contributed by atoms with E-state index in [4.69, 9.17) is 16.6 Å². The van der Waals surface area contributed by atoms with Crippen molar-refractivity contribution in [3.05, 3.63) is 18.2 Å². The van der Waals surface area contributed by atoms with Gasteiger partial charge in [-0.3, -0.25) is 19.2 Å². The van der Waals surface area contributed by atoms with Crippen LogP contribution in [0.4, 0.5) is 0 Å². The first kappa shape index (κ1) is 28.9. The molecule has 0 saturated heterocycles. The van der Waals surface area contributed by atoms with Crippen molar-refractivity contribution in [3.8, 4) is 0 Å². The number of carbonyl (C=O) groups excluding carboxylic acids is 4. The lowest BCUT2D eigenvalue weighted by atomic mass is 10.1. The number of H-pyrrole nitrogens is 1. The van der Waals surface area contributed by atoms with Gasteiger partial charge in [0.25, 0.3) is 0 Å². The molecular formula is C19H31N7O7S. The number of aliphatic hydroxyl groups is 1. The third-order valence-corrected chi connectivity index (χ3v) is 5.31. The Morgan fingerprint density at radius 1 is 1.12 bits per heavy atom. The summed E-state index contributed by atoms with van der Waals surface area (Å²) >= 11 is 1.50. The zero-order valence-corrected chi connectivity index (χ0v) is 19.6. The maximum absolute atomic E-state index is 13.0. The van der Waals surface area contributed by atoms with Gasteiger partial charge in [0.1, 0.15) is 12.1 Å². The van der Waals surface area contributed by atoms with Crippen molar-refractivity contribution in [1.29, 1.82) is 0 Å². The summed E-state index contributed by atoms with van der Waals surface area (Å²) in [5.41, 5.74) is 11.5. The third kappa shape index (κ3) is 9.76. The predicted octanol–water partition coefficient (Wildman–Crippen LogP) is -3.17. The molecule has 0 bridgehead atoms. The van der Waals surface area contributed by atoms with Crippen LogP contribution in [0.15, 0.2) is 12.5 Å². The van der Waals surface area contributed by atoms with Crippen molar-refractivity contribution in [2.45, 2.75) is 56.5 Å². The van der Waals surface area contributed by atoms with Crippen LogP contribution in [-0.2, 0) is 30.4 Å². The summed E-state index contributed by atoms with van der Waals surface area (Å²) in [7, 11) is 0. The van der Waals surface area contributed by atoms with Crippen LogP contribution >= 0.6 is 11.8 Å². The molecule has 15 heteroatoms. The number of amides is 4. The van der Waals surface area contributed by atoms with Crippen molar-refractivity contribution in [2.75, 3.05) is 12.0 Å². The van der Waals surface area contributed by atoms with Crippen LogP contribution in [0.3, 0.4) is 0 Å². The summed E-state index contributed by atoms with van der Waals surface area (Å²) in [5, 5.41) is 25.6. The van der Waals surface area contributed by atoms with Gasteiger partial charge < -0.3 is 42.6 Å². The standard InChI is InChI=1S/C19H31N7O7S/c1-9(27)15(19(32)33)26-18(31)13(6-14(21)28)25-17(30)12(5-10-7-22-8-23-10)24-16(29)11(20)3-4-34-2/h7-9,11-13,15,27H,3-6,20H2,1-2H3,(H2,21,28)(H,22,23)(H,24,29)(H,25,30)(H,26,31)(H,32,33). The number of carboxylic acid groups (broad SMARTS) is 1. The fraction of sp³-hybridized carbons (Fsp3) is 0.579. The number of aromatic nitrogens is 2. The summed E-state index contributed by atoms with van der Waals surface area (Å²) in [6.45, 7) is 1.15. The smallest absolute Gasteiger partial charge is 0.328 e. The Morgan fingerprint density at radius 2 is 1.74 bits per heavy atom. The summed E-state index contributed by atoms with van der Waals surface area (Å²) in [6, 6.07) is -5.33. The van der Waals surface area contributed by atoms with Crippen LogP contribution in [0.25, 0.3) is 0 Å². The molecule has 1 aromatic heterocycles. The van der Waals surface area contributed by atoms with E-state index in [2.05, 4.69) is 25.9 Å². The number of thioether (sulfide) groups is 1. The van der Waals surface area contributed by atoms with E-state index < -0.39 is 66.3 Å². The molecule has 0 aromatic carbocycles. The lowest BCUT2D eigenvalue weighted by Gasteiger charge is -2.25. The Hall–Kier alpha value is -3.17. The number of aromatic amines is 1. The molecule has 0 fully saturated rings. The van der Waals surface area contributed by atoms with E-state index in [1.165, 1.54) is 24.3 Å². The van der Waals surface area contributed by atoms with E-state index in [1.807, 2.05) is 6.26 Å². The van der Waals surface area contributed by atoms with Gasteiger partial charge >= 0.3 is 5.97 Å². The number of carboxylic acids is 1. The monoisotopic (exact) mass is 501 g/mol. The Morgan fingerprint density at radius 3 is 2.24 bits per heavy atom. The molecular weight excluding hydrogens is 470 g/mol. The Balaban J connectivity index is 3.04. The molecule has 0 spiro atoms. The molecule has 0 aliphatic carbocycles. The molecule has 0 radical (unpaired) electrons. The van der Waals surface area contributed by atoms with Gasteiger partial charge in [-0.15, -0.1) is 0 Å². The number of imidazole rings is 1. The maximum Gasteiger partial charge on any atom is 0.328 e. The number of nitrogens with two attached hydrogens (primary N) is 2. The number of aliphatic hydroxyl groups excluding tert-OH is 1. The average Bonchev–Trinajstić information content (AvgIpc) is 3.26. The highest BCUT2D eigenvalue weighted by Crippen LogP contribution is 2.05. The minimum atomic E-state index is -1.69. The van der Waals surface area contributed by atoms with Crippen LogP contribution in [0.5, 0.6) is 0 Å².